The molecule has 2 unspecified atom stereocenters. The second-order valence-electron chi connectivity index (χ2n) is 10.2. The number of halogens is 3. The number of hydrogen-bond acceptors (Lipinski definition) is 4. The minimum Gasteiger partial charge on any atom is -0.494 e. The first kappa shape index (κ1) is 27.5. The van der Waals surface area contributed by atoms with E-state index in [2.05, 4.69) is 6.92 Å². The van der Waals surface area contributed by atoms with Crippen molar-refractivity contribution in [3.8, 4) is 11.5 Å². The average Bonchev–Trinajstić information content (AvgIpc) is 2.90. The number of ether oxygens (including phenoxy) is 3. The van der Waals surface area contributed by atoms with Crippen LogP contribution in [0, 0.1) is 11.7 Å². The maximum atomic E-state index is 15.5. The number of carbonyl (C=O) groups excluding carboxylic acids is 1. The normalized spacial score (nSPS) is 24.2. The van der Waals surface area contributed by atoms with Crippen molar-refractivity contribution in [1.82, 2.24) is 0 Å². The molecule has 1 saturated carbocycles. The summed E-state index contributed by atoms with van der Waals surface area (Å²) in [5, 5.41) is 0. The summed E-state index contributed by atoms with van der Waals surface area (Å²) in [5.74, 6) is -0.0386. The highest BCUT2D eigenvalue weighted by atomic mass is 19.3. The molecule has 1 aliphatic heterocycles. The molecule has 0 N–H and O–H groups in total. The van der Waals surface area contributed by atoms with Crippen LogP contribution in [-0.2, 0) is 9.53 Å². The van der Waals surface area contributed by atoms with Crippen LogP contribution in [-0.4, -0.2) is 25.3 Å². The van der Waals surface area contributed by atoms with E-state index >= 15 is 4.39 Å². The van der Waals surface area contributed by atoms with Gasteiger partial charge in [0.15, 0.2) is 6.10 Å². The van der Waals surface area contributed by atoms with E-state index in [1.165, 1.54) is 0 Å². The van der Waals surface area contributed by atoms with Gasteiger partial charge in [-0.1, -0.05) is 31.9 Å². The molecular formula is C30H37F3O4. The highest BCUT2D eigenvalue weighted by Crippen LogP contribution is 2.43. The summed E-state index contributed by atoms with van der Waals surface area (Å²) in [6.07, 6.45) is 3.09. The Morgan fingerprint density at radius 1 is 0.919 bits per heavy atom. The zero-order valence-electron chi connectivity index (χ0n) is 21.7. The minimum atomic E-state index is -2.87. The van der Waals surface area contributed by atoms with E-state index in [9.17, 15) is 13.6 Å². The second-order valence-corrected chi connectivity index (χ2v) is 10.2. The van der Waals surface area contributed by atoms with Crippen molar-refractivity contribution in [2.45, 2.75) is 89.6 Å². The van der Waals surface area contributed by atoms with Crippen LogP contribution in [0.25, 0.3) is 0 Å². The Kier molecular flexibility index (Phi) is 9.52. The van der Waals surface area contributed by atoms with Crippen molar-refractivity contribution in [3.63, 3.8) is 0 Å². The number of alkyl halides is 2. The molecule has 4 nitrogen and oxygen atoms in total. The predicted octanol–water partition coefficient (Wildman–Crippen LogP) is 8.10. The third-order valence-electron chi connectivity index (χ3n) is 7.78. The van der Waals surface area contributed by atoms with E-state index in [1.807, 2.05) is 6.92 Å². The van der Waals surface area contributed by atoms with Gasteiger partial charge in [0.2, 0.25) is 0 Å². The average molecular weight is 519 g/mol. The fraction of sp³-hybridized carbons (Fsp3) is 0.567. The largest absolute Gasteiger partial charge is 0.494 e. The molecule has 7 heteroatoms. The van der Waals surface area contributed by atoms with Crippen LogP contribution >= 0.6 is 0 Å². The lowest BCUT2D eigenvalue weighted by molar-refractivity contribution is -0.150. The fourth-order valence-electron chi connectivity index (χ4n) is 5.82. The fourth-order valence-corrected chi connectivity index (χ4v) is 5.82. The first-order chi connectivity index (χ1) is 17.9. The van der Waals surface area contributed by atoms with Crippen molar-refractivity contribution in [2.75, 3.05) is 13.2 Å². The molecule has 1 heterocycles. The van der Waals surface area contributed by atoms with Crippen LogP contribution in [0.2, 0.25) is 0 Å². The Hall–Kier alpha value is -2.54. The van der Waals surface area contributed by atoms with Gasteiger partial charge >= 0.3 is 5.97 Å². The van der Waals surface area contributed by atoms with Gasteiger partial charge in [-0.2, -0.15) is 0 Å². The van der Waals surface area contributed by atoms with Gasteiger partial charge in [0, 0.05) is 5.92 Å². The Morgan fingerprint density at radius 3 is 2.16 bits per heavy atom. The van der Waals surface area contributed by atoms with Gasteiger partial charge in [-0.05, 0) is 92.7 Å². The van der Waals surface area contributed by atoms with E-state index in [0.717, 1.165) is 38.5 Å². The molecule has 4 rings (SSSR count). The summed E-state index contributed by atoms with van der Waals surface area (Å²) in [7, 11) is 0. The molecule has 0 aromatic heterocycles. The first-order valence-electron chi connectivity index (χ1n) is 13.6. The monoisotopic (exact) mass is 518 g/mol. The Bertz CT molecular complexity index is 1020. The third-order valence-corrected chi connectivity index (χ3v) is 7.78. The molecule has 0 spiro atoms. The van der Waals surface area contributed by atoms with Crippen molar-refractivity contribution in [1.29, 1.82) is 0 Å². The standard InChI is InChI=1S/C30H37F3O4/c1-3-5-19-6-8-20(9-7-19)24-15-16-25(28(31)27(24)29(32)33)21-10-17-26(36-18-21)30(34)37-23-13-11-22(12-14-23)35-4-2/h11-16,19-21,26,29H,3-10,17-18H2,1-2H3. The van der Waals surface area contributed by atoms with E-state index < -0.39 is 29.9 Å². The van der Waals surface area contributed by atoms with Gasteiger partial charge in [-0.15, -0.1) is 0 Å². The summed E-state index contributed by atoms with van der Waals surface area (Å²) in [4.78, 5) is 12.6. The summed E-state index contributed by atoms with van der Waals surface area (Å²) < 4.78 is 60.2. The molecular weight excluding hydrogens is 481 g/mol. The van der Waals surface area contributed by atoms with Crippen molar-refractivity contribution in [3.05, 3.63) is 58.9 Å². The Balaban J connectivity index is 1.38. The zero-order chi connectivity index (χ0) is 26.4. The molecule has 2 atom stereocenters. The van der Waals surface area contributed by atoms with Gasteiger partial charge in [0.1, 0.15) is 17.3 Å². The van der Waals surface area contributed by atoms with Crippen LogP contribution in [0.1, 0.15) is 100 Å². The minimum absolute atomic E-state index is 0.0231. The molecule has 2 aromatic carbocycles. The number of rotatable bonds is 9. The van der Waals surface area contributed by atoms with Crippen molar-refractivity contribution < 1.29 is 32.2 Å². The van der Waals surface area contributed by atoms with E-state index in [1.54, 1.807) is 36.4 Å². The summed E-state index contributed by atoms with van der Waals surface area (Å²) in [6.45, 7) is 4.66. The smallest absolute Gasteiger partial charge is 0.340 e. The number of benzene rings is 2. The SMILES string of the molecule is CCCC1CCC(c2ccc(C3CCC(C(=O)Oc4ccc(OCC)cc4)OC3)c(F)c2C(F)F)CC1. The van der Waals surface area contributed by atoms with Gasteiger partial charge < -0.3 is 14.2 Å². The molecule has 0 radical (unpaired) electrons. The Labute approximate surface area is 217 Å². The third kappa shape index (κ3) is 6.67. The topological polar surface area (TPSA) is 44.8 Å². The molecule has 1 saturated heterocycles. The summed E-state index contributed by atoms with van der Waals surface area (Å²) in [6, 6.07) is 10.1. The lowest BCUT2D eigenvalue weighted by Crippen LogP contribution is -2.34. The van der Waals surface area contributed by atoms with Crippen LogP contribution in [0.5, 0.6) is 11.5 Å². The quantitative estimate of drug-likeness (QED) is 0.248. The van der Waals surface area contributed by atoms with Crippen LogP contribution in [0.4, 0.5) is 13.2 Å². The highest BCUT2D eigenvalue weighted by molar-refractivity contribution is 5.77. The van der Waals surface area contributed by atoms with Crippen molar-refractivity contribution >= 4 is 5.97 Å². The van der Waals surface area contributed by atoms with E-state index in [4.69, 9.17) is 14.2 Å². The molecule has 202 valence electrons. The van der Waals surface area contributed by atoms with Crippen molar-refractivity contribution in [2.24, 2.45) is 5.92 Å². The zero-order valence-corrected chi connectivity index (χ0v) is 21.7. The Morgan fingerprint density at radius 2 is 1.57 bits per heavy atom. The maximum absolute atomic E-state index is 15.5. The summed E-state index contributed by atoms with van der Waals surface area (Å²) in [5.41, 5.74) is 0.255. The van der Waals surface area contributed by atoms with Gasteiger partial charge in [-0.25, -0.2) is 18.0 Å². The lowest BCUT2D eigenvalue weighted by Gasteiger charge is -2.32. The second kappa shape index (κ2) is 12.8. The number of carbonyl (C=O) groups is 1. The predicted molar refractivity (Wildman–Crippen MR) is 136 cm³/mol. The van der Waals surface area contributed by atoms with E-state index in [-0.39, 0.29) is 24.0 Å². The molecule has 1 aliphatic carbocycles. The lowest BCUT2D eigenvalue weighted by atomic mass is 9.75. The van der Waals surface area contributed by atoms with Gasteiger partial charge in [-0.3, -0.25) is 0 Å². The number of hydrogen-bond donors (Lipinski definition) is 0. The molecule has 2 aliphatic rings. The molecule has 0 bridgehead atoms. The van der Waals surface area contributed by atoms with Gasteiger partial charge in [0.05, 0.1) is 18.8 Å². The number of esters is 1. The molecule has 2 fully saturated rings. The molecule has 0 amide bonds. The summed E-state index contributed by atoms with van der Waals surface area (Å²) >= 11 is 0. The van der Waals surface area contributed by atoms with E-state index in [0.29, 0.717) is 42.4 Å². The molecule has 2 aromatic rings. The van der Waals surface area contributed by atoms with Crippen LogP contribution in [0.15, 0.2) is 36.4 Å². The maximum Gasteiger partial charge on any atom is 0.340 e. The van der Waals surface area contributed by atoms with Crippen LogP contribution < -0.4 is 9.47 Å². The first-order valence-corrected chi connectivity index (χ1v) is 13.6. The van der Waals surface area contributed by atoms with Crippen LogP contribution in [0.3, 0.4) is 0 Å². The van der Waals surface area contributed by atoms with Gasteiger partial charge in [0.25, 0.3) is 6.43 Å². The highest BCUT2D eigenvalue weighted by Gasteiger charge is 2.34. The molecule has 37 heavy (non-hydrogen) atoms.